The van der Waals surface area contributed by atoms with Crippen molar-refractivity contribution in [1.29, 1.82) is 0 Å². The summed E-state index contributed by atoms with van der Waals surface area (Å²) in [4.78, 5) is 15.9. The Morgan fingerprint density at radius 3 is 2.87 bits per heavy atom. The molecule has 1 heterocycles. The molecule has 5 heteroatoms. The van der Waals surface area contributed by atoms with Crippen molar-refractivity contribution in [1.82, 2.24) is 15.1 Å². The van der Waals surface area contributed by atoms with Gasteiger partial charge in [0.05, 0.1) is 13.2 Å². The third-order valence-corrected chi connectivity index (χ3v) is 2.75. The first kappa shape index (κ1) is 12.4. The smallest absolute Gasteiger partial charge is 0.234 e. The largest absolute Gasteiger partial charge is 0.395 e. The van der Waals surface area contributed by atoms with Gasteiger partial charge in [0.15, 0.2) is 0 Å². The molecular formula is C10H21N3O2. The summed E-state index contributed by atoms with van der Waals surface area (Å²) in [6, 6.07) is 0.420. The van der Waals surface area contributed by atoms with Gasteiger partial charge >= 0.3 is 0 Å². The highest BCUT2D eigenvalue weighted by molar-refractivity contribution is 5.78. The van der Waals surface area contributed by atoms with Gasteiger partial charge < -0.3 is 15.3 Å². The average Bonchev–Trinajstić information content (AvgIpc) is 2.19. The van der Waals surface area contributed by atoms with Gasteiger partial charge in [0.25, 0.3) is 0 Å². The van der Waals surface area contributed by atoms with Crippen LogP contribution in [0.2, 0.25) is 0 Å². The lowest BCUT2D eigenvalue weighted by Crippen LogP contribution is -2.53. The van der Waals surface area contributed by atoms with Crippen LogP contribution in [0.1, 0.15) is 6.92 Å². The van der Waals surface area contributed by atoms with Gasteiger partial charge in [-0.05, 0) is 14.0 Å². The zero-order valence-corrected chi connectivity index (χ0v) is 9.57. The molecular weight excluding hydrogens is 194 g/mol. The van der Waals surface area contributed by atoms with Gasteiger partial charge in [-0.1, -0.05) is 0 Å². The summed E-state index contributed by atoms with van der Waals surface area (Å²) in [6.45, 7) is 5.88. The highest BCUT2D eigenvalue weighted by Crippen LogP contribution is 2.06. The van der Waals surface area contributed by atoms with Crippen molar-refractivity contribution in [2.75, 3.05) is 46.4 Å². The van der Waals surface area contributed by atoms with E-state index in [-0.39, 0.29) is 12.5 Å². The van der Waals surface area contributed by atoms with Crippen LogP contribution in [0.5, 0.6) is 0 Å². The van der Waals surface area contributed by atoms with E-state index in [2.05, 4.69) is 29.1 Å². The number of carbonyl (C=O) groups is 1. The minimum atomic E-state index is 0.000420. The quantitative estimate of drug-likeness (QED) is 0.614. The van der Waals surface area contributed by atoms with Crippen LogP contribution in [-0.4, -0.2) is 73.2 Å². The summed E-state index contributed by atoms with van der Waals surface area (Å²) in [5.41, 5.74) is 0. The number of hydrogen-bond donors (Lipinski definition) is 2. The molecule has 1 unspecified atom stereocenters. The summed E-state index contributed by atoms with van der Waals surface area (Å²) >= 11 is 0. The Balaban J connectivity index is 2.28. The Labute approximate surface area is 91.0 Å². The molecule has 0 aromatic heterocycles. The molecule has 2 N–H and O–H groups in total. The van der Waals surface area contributed by atoms with Crippen LogP contribution in [0.4, 0.5) is 0 Å². The molecule has 0 spiro atoms. The van der Waals surface area contributed by atoms with Gasteiger partial charge in [0.2, 0.25) is 5.91 Å². The van der Waals surface area contributed by atoms with Crippen molar-refractivity contribution < 1.29 is 9.90 Å². The number of nitrogens with one attached hydrogen (secondary N) is 1. The zero-order chi connectivity index (χ0) is 11.3. The third-order valence-electron chi connectivity index (χ3n) is 2.75. The molecule has 1 aliphatic rings. The van der Waals surface area contributed by atoms with Gasteiger partial charge in [0.1, 0.15) is 0 Å². The summed E-state index contributed by atoms with van der Waals surface area (Å²) in [5, 5.41) is 11.2. The van der Waals surface area contributed by atoms with Gasteiger partial charge in [-0.2, -0.15) is 0 Å². The molecule has 0 saturated carbocycles. The first-order valence-electron chi connectivity index (χ1n) is 5.43. The Morgan fingerprint density at radius 1 is 1.53 bits per heavy atom. The number of hydrogen-bond acceptors (Lipinski definition) is 4. The zero-order valence-electron chi connectivity index (χ0n) is 9.57. The van der Waals surface area contributed by atoms with E-state index in [1.54, 1.807) is 0 Å². The fourth-order valence-electron chi connectivity index (χ4n) is 1.85. The standard InChI is InChI=1S/C10H21N3O2/c1-9-7-12(2)4-5-13(9)8-10(15)11-3-6-14/h9,14H,3-8H2,1-2H3,(H,11,15). The van der Waals surface area contributed by atoms with Crippen LogP contribution in [-0.2, 0) is 4.79 Å². The van der Waals surface area contributed by atoms with Gasteiger partial charge in [-0.3, -0.25) is 9.69 Å². The van der Waals surface area contributed by atoms with Crippen LogP contribution >= 0.6 is 0 Å². The maximum absolute atomic E-state index is 11.4. The van der Waals surface area contributed by atoms with E-state index >= 15 is 0 Å². The lowest BCUT2D eigenvalue weighted by Gasteiger charge is -2.37. The lowest BCUT2D eigenvalue weighted by atomic mass is 10.2. The minimum absolute atomic E-state index is 0.000420. The van der Waals surface area contributed by atoms with Crippen LogP contribution in [0.15, 0.2) is 0 Å². The van der Waals surface area contributed by atoms with Crippen molar-refractivity contribution in [3.63, 3.8) is 0 Å². The molecule has 0 aliphatic carbocycles. The van der Waals surface area contributed by atoms with Gasteiger partial charge in [-0.15, -0.1) is 0 Å². The number of nitrogens with zero attached hydrogens (tertiary/aromatic N) is 2. The topological polar surface area (TPSA) is 55.8 Å². The molecule has 0 bridgehead atoms. The molecule has 1 rings (SSSR count). The van der Waals surface area contributed by atoms with E-state index in [9.17, 15) is 4.79 Å². The second kappa shape index (κ2) is 6.05. The van der Waals surface area contributed by atoms with E-state index in [0.29, 0.717) is 19.1 Å². The lowest BCUT2D eigenvalue weighted by molar-refractivity contribution is -0.123. The van der Waals surface area contributed by atoms with Gasteiger partial charge in [0, 0.05) is 32.2 Å². The summed E-state index contributed by atoms with van der Waals surface area (Å²) < 4.78 is 0. The SMILES string of the molecule is CC1CN(C)CCN1CC(=O)NCCO. The van der Waals surface area contributed by atoms with Crippen molar-refractivity contribution in [3.05, 3.63) is 0 Å². The second-order valence-electron chi connectivity index (χ2n) is 4.16. The third kappa shape index (κ3) is 4.15. The normalized spacial score (nSPS) is 24.1. The first-order valence-corrected chi connectivity index (χ1v) is 5.43. The predicted octanol–water partition coefficient (Wildman–Crippen LogP) is -1.27. The molecule has 1 fully saturated rings. The molecule has 5 nitrogen and oxygen atoms in total. The van der Waals surface area contributed by atoms with Crippen LogP contribution in [0.3, 0.4) is 0 Å². The Hall–Kier alpha value is -0.650. The van der Waals surface area contributed by atoms with Crippen molar-refractivity contribution >= 4 is 5.91 Å². The minimum Gasteiger partial charge on any atom is -0.395 e. The number of amides is 1. The highest BCUT2D eigenvalue weighted by atomic mass is 16.3. The van der Waals surface area contributed by atoms with Crippen molar-refractivity contribution in [2.24, 2.45) is 0 Å². The van der Waals surface area contributed by atoms with E-state index < -0.39 is 0 Å². The molecule has 0 aromatic rings. The maximum atomic E-state index is 11.4. The molecule has 1 atom stereocenters. The molecule has 1 saturated heterocycles. The van der Waals surface area contributed by atoms with Crippen LogP contribution < -0.4 is 5.32 Å². The van der Waals surface area contributed by atoms with Gasteiger partial charge in [-0.25, -0.2) is 0 Å². The number of carbonyl (C=O) groups excluding carboxylic acids is 1. The average molecular weight is 215 g/mol. The summed E-state index contributed by atoms with van der Waals surface area (Å²) in [6.07, 6.45) is 0. The molecule has 15 heavy (non-hydrogen) atoms. The summed E-state index contributed by atoms with van der Waals surface area (Å²) in [7, 11) is 2.10. The fraction of sp³-hybridized carbons (Fsp3) is 0.900. The Kier molecular flexibility index (Phi) is 5.01. The number of rotatable bonds is 4. The Morgan fingerprint density at radius 2 is 2.27 bits per heavy atom. The fourth-order valence-corrected chi connectivity index (χ4v) is 1.85. The van der Waals surface area contributed by atoms with E-state index in [1.165, 1.54) is 0 Å². The number of piperazine rings is 1. The molecule has 0 radical (unpaired) electrons. The van der Waals surface area contributed by atoms with E-state index in [4.69, 9.17) is 5.11 Å². The van der Waals surface area contributed by atoms with Crippen molar-refractivity contribution in [3.8, 4) is 0 Å². The van der Waals surface area contributed by atoms with E-state index in [0.717, 1.165) is 19.6 Å². The number of aliphatic hydroxyl groups is 1. The first-order chi connectivity index (χ1) is 7.13. The Bertz CT molecular complexity index is 211. The number of likely N-dealkylation sites (N-methyl/N-ethyl adjacent to an activating group) is 1. The highest BCUT2D eigenvalue weighted by Gasteiger charge is 2.22. The van der Waals surface area contributed by atoms with Crippen LogP contribution in [0, 0.1) is 0 Å². The molecule has 0 aromatic carbocycles. The molecule has 1 aliphatic heterocycles. The predicted molar refractivity (Wildman–Crippen MR) is 58.6 cm³/mol. The van der Waals surface area contributed by atoms with E-state index in [1.807, 2.05) is 0 Å². The monoisotopic (exact) mass is 215 g/mol. The second-order valence-corrected chi connectivity index (χ2v) is 4.16. The summed E-state index contributed by atoms with van der Waals surface area (Å²) in [5.74, 6) is 0.000420. The molecule has 1 amide bonds. The van der Waals surface area contributed by atoms with Crippen molar-refractivity contribution in [2.45, 2.75) is 13.0 Å². The maximum Gasteiger partial charge on any atom is 0.234 e. The van der Waals surface area contributed by atoms with Crippen LogP contribution in [0.25, 0.3) is 0 Å². The number of aliphatic hydroxyl groups excluding tert-OH is 1. The molecule has 88 valence electrons.